The number of carboxylic acid groups (broad SMARTS) is 1. The molecular weight excluding hydrogens is 380 g/mol. The Morgan fingerprint density at radius 1 is 1.03 bits per heavy atom. The second-order valence-electron chi connectivity index (χ2n) is 6.75. The van der Waals surface area contributed by atoms with Crippen LogP contribution >= 0.6 is 0 Å². The normalized spacial score (nSPS) is 11.6. The van der Waals surface area contributed by atoms with Crippen LogP contribution in [0.15, 0.2) is 67.0 Å². The predicted molar refractivity (Wildman–Crippen MR) is 111 cm³/mol. The maximum Gasteiger partial charge on any atom is 0.407 e. The van der Waals surface area contributed by atoms with E-state index in [2.05, 4.69) is 46.4 Å². The van der Waals surface area contributed by atoms with Gasteiger partial charge >= 0.3 is 12.1 Å². The Kier molecular flexibility index (Phi) is 5.44. The van der Waals surface area contributed by atoms with Crippen molar-refractivity contribution >= 4 is 12.1 Å². The average molecular weight is 398 g/mol. The number of carbonyl (C=O) groups is 2. The summed E-state index contributed by atoms with van der Waals surface area (Å²) < 4.78 is 5.43. The van der Waals surface area contributed by atoms with Crippen LogP contribution in [0.1, 0.15) is 33.0 Å². The van der Waals surface area contributed by atoms with E-state index in [1.165, 1.54) is 29.6 Å². The van der Waals surface area contributed by atoms with Crippen LogP contribution < -0.4 is 5.32 Å². The first kappa shape index (κ1) is 19.2. The smallest absolute Gasteiger partial charge is 0.407 e. The Morgan fingerprint density at radius 2 is 1.70 bits per heavy atom. The van der Waals surface area contributed by atoms with Crippen LogP contribution in [-0.4, -0.2) is 35.3 Å². The fourth-order valence-corrected chi connectivity index (χ4v) is 3.54. The molecule has 0 spiro atoms. The number of fused-ring (bicyclic) bond motifs is 3. The second-order valence-corrected chi connectivity index (χ2v) is 6.75. The number of aromatic nitrogens is 1. The highest BCUT2D eigenvalue weighted by atomic mass is 16.5. The molecule has 1 aliphatic carbocycles. The summed E-state index contributed by atoms with van der Waals surface area (Å²) in [6.45, 7) is 0.311. The number of rotatable bonds is 4. The first-order valence-electron chi connectivity index (χ1n) is 9.39. The molecule has 2 N–H and O–H groups in total. The third-order valence-electron chi connectivity index (χ3n) is 4.88. The van der Waals surface area contributed by atoms with Gasteiger partial charge in [-0.3, -0.25) is 4.98 Å². The quantitative estimate of drug-likeness (QED) is 0.655. The van der Waals surface area contributed by atoms with Crippen LogP contribution in [0.2, 0.25) is 0 Å². The number of nitrogens with one attached hydrogen (secondary N) is 1. The number of hydrogen-bond donors (Lipinski definition) is 2. The van der Waals surface area contributed by atoms with Crippen LogP contribution in [-0.2, 0) is 4.74 Å². The van der Waals surface area contributed by atoms with Crippen LogP contribution in [0.25, 0.3) is 11.1 Å². The van der Waals surface area contributed by atoms with Crippen molar-refractivity contribution in [2.24, 2.45) is 0 Å². The molecule has 2 aromatic carbocycles. The Hall–Kier alpha value is -4.11. The Bertz CT molecular complexity index is 1130. The third kappa shape index (κ3) is 4.01. The van der Waals surface area contributed by atoms with Gasteiger partial charge in [0.2, 0.25) is 0 Å². The zero-order chi connectivity index (χ0) is 20.9. The van der Waals surface area contributed by atoms with E-state index in [0.717, 1.165) is 11.1 Å². The fourth-order valence-electron chi connectivity index (χ4n) is 3.54. The summed E-state index contributed by atoms with van der Waals surface area (Å²) in [5.41, 5.74) is 5.17. The van der Waals surface area contributed by atoms with Crippen molar-refractivity contribution in [2.75, 3.05) is 13.2 Å². The van der Waals surface area contributed by atoms with E-state index in [1.54, 1.807) is 0 Å². The molecule has 0 saturated carbocycles. The summed E-state index contributed by atoms with van der Waals surface area (Å²) in [6.07, 6.45) is 2.17. The lowest BCUT2D eigenvalue weighted by Gasteiger charge is -2.14. The number of benzene rings is 2. The minimum Gasteiger partial charge on any atom is -0.478 e. The molecule has 0 fully saturated rings. The van der Waals surface area contributed by atoms with Crippen molar-refractivity contribution < 1.29 is 19.4 Å². The minimum atomic E-state index is -1.07. The SMILES string of the molecule is O=C(NCC#Cc1cncc(C(=O)O)c1)OCC1c2ccccc2-c2ccccc21. The van der Waals surface area contributed by atoms with E-state index in [1.807, 2.05) is 24.3 Å². The standard InChI is InChI=1S/C24H18N2O4/c27-23(28)17-12-16(13-25-14-17)6-5-11-26-24(29)30-15-22-20-9-3-1-7-18(20)19-8-2-4-10-21(19)22/h1-4,7-10,12-14,22H,11,15H2,(H,26,29)(H,27,28). The lowest BCUT2D eigenvalue weighted by atomic mass is 9.98. The second kappa shape index (κ2) is 8.50. The molecule has 1 heterocycles. The summed E-state index contributed by atoms with van der Waals surface area (Å²) >= 11 is 0. The number of carboxylic acids is 1. The zero-order valence-corrected chi connectivity index (χ0v) is 16.0. The van der Waals surface area contributed by atoms with Gasteiger partial charge in [0.05, 0.1) is 12.1 Å². The average Bonchev–Trinajstić information content (AvgIpc) is 3.09. The van der Waals surface area contributed by atoms with Crippen molar-refractivity contribution in [2.45, 2.75) is 5.92 Å². The summed E-state index contributed by atoms with van der Waals surface area (Å²) in [7, 11) is 0. The largest absolute Gasteiger partial charge is 0.478 e. The van der Waals surface area contributed by atoms with Gasteiger partial charge in [0.15, 0.2) is 0 Å². The number of aromatic carboxylic acids is 1. The molecule has 30 heavy (non-hydrogen) atoms. The fraction of sp³-hybridized carbons (Fsp3) is 0.125. The van der Waals surface area contributed by atoms with Crippen molar-refractivity contribution in [3.63, 3.8) is 0 Å². The monoisotopic (exact) mass is 398 g/mol. The topological polar surface area (TPSA) is 88.5 Å². The van der Waals surface area contributed by atoms with E-state index < -0.39 is 12.1 Å². The number of nitrogens with zero attached hydrogens (tertiary/aromatic N) is 1. The molecule has 148 valence electrons. The molecule has 6 heteroatoms. The van der Waals surface area contributed by atoms with Gasteiger partial charge in [0.1, 0.15) is 6.61 Å². The van der Waals surface area contributed by atoms with Crippen LogP contribution in [0.4, 0.5) is 4.79 Å². The molecule has 1 aliphatic rings. The van der Waals surface area contributed by atoms with Crippen molar-refractivity contribution in [1.82, 2.24) is 10.3 Å². The minimum absolute atomic E-state index is 0.000864. The highest BCUT2D eigenvalue weighted by molar-refractivity contribution is 5.87. The van der Waals surface area contributed by atoms with Crippen LogP contribution in [0.3, 0.4) is 0 Å². The summed E-state index contributed by atoms with van der Waals surface area (Å²) in [5.74, 6) is 4.47. The summed E-state index contributed by atoms with van der Waals surface area (Å²) in [5, 5.41) is 11.6. The van der Waals surface area contributed by atoms with Gasteiger partial charge in [-0.15, -0.1) is 0 Å². The highest BCUT2D eigenvalue weighted by Crippen LogP contribution is 2.44. The molecule has 0 unspecified atom stereocenters. The molecule has 4 rings (SSSR count). The number of hydrogen-bond acceptors (Lipinski definition) is 4. The summed E-state index contributed by atoms with van der Waals surface area (Å²) in [6, 6.07) is 17.7. The Balaban J connectivity index is 1.34. The predicted octanol–water partition coefficient (Wildman–Crippen LogP) is 3.67. The third-order valence-corrected chi connectivity index (χ3v) is 4.88. The molecule has 1 aromatic heterocycles. The van der Waals surface area contributed by atoms with Gasteiger partial charge in [-0.1, -0.05) is 60.4 Å². The van der Waals surface area contributed by atoms with Gasteiger partial charge in [-0.05, 0) is 28.3 Å². The number of alkyl carbamates (subject to hydrolysis) is 1. The number of pyridine rings is 1. The van der Waals surface area contributed by atoms with Gasteiger partial charge in [-0.2, -0.15) is 0 Å². The summed E-state index contributed by atoms with van der Waals surface area (Å²) in [4.78, 5) is 26.9. The maximum atomic E-state index is 12.1. The van der Waals surface area contributed by atoms with E-state index in [-0.39, 0.29) is 24.6 Å². The zero-order valence-electron chi connectivity index (χ0n) is 16.0. The molecule has 0 saturated heterocycles. The van der Waals surface area contributed by atoms with E-state index in [9.17, 15) is 9.59 Å². The van der Waals surface area contributed by atoms with Gasteiger partial charge in [-0.25, -0.2) is 9.59 Å². The molecule has 6 nitrogen and oxygen atoms in total. The molecule has 0 radical (unpaired) electrons. The highest BCUT2D eigenvalue weighted by Gasteiger charge is 2.28. The lowest BCUT2D eigenvalue weighted by molar-refractivity contribution is 0.0696. The molecule has 3 aromatic rings. The molecule has 0 bridgehead atoms. The maximum absolute atomic E-state index is 12.1. The number of ether oxygens (including phenoxy) is 1. The first-order valence-corrected chi connectivity index (χ1v) is 9.39. The first-order chi connectivity index (χ1) is 14.6. The van der Waals surface area contributed by atoms with Crippen molar-refractivity contribution in [3.05, 3.63) is 89.2 Å². The van der Waals surface area contributed by atoms with Gasteiger partial charge in [0, 0.05) is 23.9 Å². The number of amides is 1. The molecule has 0 aliphatic heterocycles. The molecular formula is C24H18N2O4. The van der Waals surface area contributed by atoms with Gasteiger partial charge < -0.3 is 15.2 Å². The van der Waals surface area contributed by atoms with Crippen LogP contribution in [0.5, 0.6) is 0 Å². The van der Waals surface area contributed by atoms with E-state index in [4.69, 9.17) is 9.84 Å². The Morgan fingerprint density at radius 3 is 2.37 bits per heavy atom. The van der Waals surface area contributed by atoms with E-state index >= 15 is 0 Å². The van der Waals surface area contributed by atoms with E-state index in [0.29, 0.717) is 5.56 Å². The van der Waals surface area contributed by atoms with Crippen LogP contribution in [0, 0.1) is 11.8 Å². The molecule has 0 atom stereocenters. The van der Waals surface area contributed by atoms with Crippen molar-refractivity contribution in [3.8, 4) is 23.0 Å². The molecule has 1 amide bonds. The lowest BCUT2D eigenvalue weighted by Crippen LogP contribution is -2.26. The van der Waals surface area contributed by atoms with Gasteiger partial charge in [0.25, 0.3) is 0 Å². The van der Waals surface area contributed by atoms with Crippen molar-refractivity contribution in [1.29, 1.82) is 0 Å². The number of carbonyl (C=O) groups excluding carboxylic acids is 1. The Labute approximate surface area is 173 Å².